The van der Waals surface area contributed by atoms with E-state index in [0.29, 0.717) is 5.82 Å². The van der Waals surface area contributed by atoms with Crippen LogP contribution in [0.3, 0.4) is 0 Å². The van der Waals surface area contributed by atoms with Crippen molar-refractivity contribution >= 4 is 23.3 Å². The third-order valence-electron chi connectivity index (χ3n) is 2.61. The Labute approximate surface area is 110 Å². The van der Waals surface area contributed by atoms with Crippen LogP contribution in [0.15, 0.2) is 30.9 Å². The summed E-state index contributed by atoms with van der Waals surface area (Å²) < 4.78 is 4.55. The molecule has 0 unspecified atom stereocenters. The molecule has 0 aliphatic heterocycles. The van der Waals surface area contributed by atoms with Gasteiger partial charge >= 0.3 is 5.97 Å². The minimum atomic E-state index is -0.348. The number of nitrogens with zero attached hydrogens (tertiary/aromatic N) is 3. The highest BCUT2D eigenvalue weighted by molar-refractivity contribution is 5.74. The van der Waals surface area contributed by atoms with Crippen molar-refractivity contribution in [1.82, 2.24) is 15.0 Å². The van der Waals surface area contributed by atoms with Crippen molar-refractivity contribution in [3.05, 3.63) is 30.9 Å². The lowest BCUT2D eigenvalue weighted by Gasteiger charge is -2.16. The minimum absolute atomic E-state index is 0.0703. The number of carbonyl (C=O) groups is 1. The van der Waals surface area contributed by atoms with Crippen molar-refractivity contribution in [1.29, 1.82) is 0 Å². The number of aromatic nitrogens is 3. The van der Waals surface area contributed by atoms with Gasteiger partial charge in [0, 0.05) is 25.5 Å². The molecule has 0 fully saturated rings. The highest BCUT2D eigenvalue weighted by Crippen LogP contribution is 2.21. The Morgan fingerprint density at radius 2 is 2.37 bits per heavy atom. The first kappa shape index (κ1) is 12.9. The van der Waals surface area contributed by atoms with E-state index in [2.05, 4.69) is 25.0 Å². The van der Waals surface area contributed by atoms with E-state index < -0.39 is 0 Å². The van der Waals surface area contributed by atoms with E-state index in [9.17, 15) is 4.79 Å². The molecule has 2 N–H and O–H groups in total. The smallest absolute Gasteiger partial charge is 0.325 e. The maximum Gasteiger partial charge on any atom is 0.325 e. The fourth-order valence-electron chi connectivity index (χ4n) is 1.52. The van der Waals surface area contributed by atoms with Gasteiger partial charge in [0.05, 0.1) is 12.8 Å². The summed E-state index contributed by atoms with van der Waals surface area (Å²) in [5.41, 5.74) is 0.984. The lowest BCUT2D eigenvalue weighted by Crippen LogP contribution is -2.16. The van der Waals surface area contributed by atoms with Crippen LogP contribution in [0.1, 0.15) is 0 Å². The number of H-pyrrole nitrogens is 1. The lowest BCUT2D eigenvalue weighted by atomic mass is 10.4. The number of aromatic amines is 1. The van der Waals surface area contributed by atoms with Gasteiger partial charge in [-0.15, -0.1) is 0 Å². The number of carbonyl (C=O) groups excluding carboxylic acids is 1. The molecule has 0 saturated heterocycles. The van der Waals surface area contributed by atoms with Crippen LogP contribution in [0.25, 0.3) is 0 Å². The van der Waals surface area contributed by atoms with Crippen LogP contribution in [0.4, 0.5) is 17.3 Å². The van der Waals surface area contributed by atoms with Crippen LogP contribution in [0.5, 0.6) is 0 Å². The van der Waals surface area contributed by atoms with E-state index in [0.717, 1.165) is 11.5 Å². The summed E-state index contributed by atoms with van der Waals surface area (Å²) in [6.07, 6.45) is 5.14. The second-order valence-electron chi connectivity index (χ2n) is 3.82. The SMILES string of the molecule is COC(=O)CNc1cc(N(C)c2cc[nH]c2)ncn1. The topological polar surface area (TPSA) is 83.1 Å². The van der Waals surface area contributed by atoms with E-state index in [1.54, 1.807) is 6.07 Å². The van der Waals surface area contributed by atoms with Gasteiger partial charge in [0.2, 0.25) is 0 Å². The number of nitrogens with one attached hydrogen (secondary N) is 2. The summed E-state index contributed by atoms with van der Waals surface area (Å²) in [4.78, 5) is 24.2. The summed E-state index contributed by atoms with van der Waals surface area (Å²) in [6, 6.07) is 3.69. The molecule has 0 aliphatic rings. The monoisotopic (exact) mass is 261 g/mol. The molecule has 0 radical (unpaired) electrons. The predicted molar refractivity (Wildman–Crippen MR) is 71.4 cm³/mol. The molecule has 0 saturated carbocycles. The number of methoxy groups -OCH3 is 1. The number of esters is 1. The molecule has 100 valence electrons. The number of rotatable bonds is 5. The first-order chi connectivity index (χ1) is 9.20. The molecule has 7 nitrogen and oxygen atoms in total. The van der Waals surface area contributed by atoms with Crippen LogP contribution in [0, 0.1) is 0 Å². The molecular weight excluding hydrogens is 246 g/mol. The first-order valence-corrected chi connectivity index (χ1v) is 5.70. The van der Waals surface area contributed by atoms with Crippen molar-refractivity contribution < 1.29 is 9.53 Å². The second-order valence-corrected chi connectivity index (χ2v) is 3.82. The Morgan fingerprint density at radius 3 is 3.05 bits per heavy atom. The molecule has 0 bridgehead atoms. The number of hydrogen-bond acceptors (Lipinski definition) is 6. The van der Waals surface area contributed by atoms with Gasteiger partial charge in [-0.25, -0.2) is 9.97 Å². The third kappa shape index (κ3) is 3.21. The lowest BCUT2D eigenvalue weighted by molar-refractivity contribution is -0.138. The van der Waals surface area contributed by atoms with Gasteiger partial charge in [-0.2, -0.15) is 0 Å². The first-order valence-electron chi connectivity index (χ1n) is 5.70. The van der Waals surface area contributed by atoms with Gasteiger partial charge in [0.25, 0.3) is 0 Å². The van der Waals surface area contributed by atoms with Crippen molar-refractivity contribution in [3.63, 3.8) is 0 Å². The Morgan fingerprint density at radius 1 is 1.53 bits per heavy atom. The minimum Gasteiger partial charge on any atom is -0.468 e. The van der Waals surface area contributed by atoms with Crippen LogP contribution >= 0.6 is 0 Å². The zero-order valence-electron chi connectivity index (χ0n) is 10.8. The van der Waals surface area contributed by atoms with Gasteiger partial charge < -0.3 is 19.9 Å². The molecule has 2 aromatic rings. The molecule has 2 rings (SSSR count). The third-order valence-corrected chi connectivity index (χ3v) is 2.61. The zero-order chi connectivity index (χ0) is 13.7. The summed E-state index contributed by atoms with van der Waals surface area (Å²) in [5, 5.41) is 2.88. The fourth-order valence-corrected chi connectivity index (χ4v) is 1.52. The molecular formula is C12H15N5O2. The number of anilines is 3. The molecule has 19 heavy (non-hydrogen) atoms. The Hall–Kier alpha value is -2.57. The van der Waals surface area contributed by atoms with Crippen molar-refractivity contribution in [2.45, 2.75) is 0 Å². The average molecular weight is 261 g/mol. The van der Waals surface area contributed by atoms with Crippen molar-refractivity contribution in [2.75, 3.05) is 30.9 Å². The Balaban J connectivity index is 2.08. The normalized spacial score (nSPS) is 10.0. The molecule has 2 heterocycles. The van der Waals surface area contributed by atoms with Gasteiger partial charge in [-0.05, 0) is 6.07 Å². The molecule has 0 aliphatic carbocycles. The largest absolute Gasteiger partial charge is 0.468 e. The average Bonchev–Trinajstić information content (AvgIpc) is 2.98. The van der Waals surface area contributed by atoms with Gasteiger partial charge in [-0.3, -0.25) is 4.79 Å². The molecule has 2 aromatic heterocycles. The number of hydrogen-bond donors (Lipinski definition) is 2. The maximum absolute atomic E-state index is 11.0. The van der Waals surface area contributed by atoms with Crippen LogP contribution in [-0.4, -0.2) is 41.6 Å². The zero-order valence-corrected chi connectivity index (χ0v) is 10.8. The quantitative estimate of drug-likeness (QED) is 0.786. The summed E-state index contributed by atoms with van der Waals surface area (Å²) in [5.74, 6) is 0.943. The van der Waals surface area contributed by atoms with E-state index in [1.165, 1.54) is 13.4 Å². The standard InChI is InChI=1S/C12H15N5O2/c1-17(9-3-4-13-6-9)11-5-10(15-8-16-11)14-7-12(18)19-2/h3-6,8,13H,7H2,1-2H3,(H,14,15,16). The maximum atomic E-state index is 11.0. The Kier molecular flexibility index (Phi) is 3.97. The predicted octanol–water partition coefficient (Wildman–Crippen LogP) is 1.16. The van der Waals surface area contributed by atoms with Crippen LogP contribution in [0.2, 0.25) is 0 Å². The summed E-state index contributed by atoms with van der Waals surface area (Å²) in [6.45, 7) is 0.0703. The van der Waals surface area contributed by atoms with Crippen LogP contribution < -0.4 is 10.2 Å². The van der Waals surface area contributed by atoms with Gasteiger partial charge in [0.15, 0.2) is 0 Å². The molecule has 0 spiro atoms. The van der Waals surface area contributed by atoms with E-state index in [4.69, 9.17) is 0 Å². The van der Waals surface area contributed by atoms with Crippen molar-refractivity contribution in [3.8, 4) is 0 Å². The summed E-state index contributed by atoms with van der Waals surface area (Å²) in [7, 11) is 3.24. The van der Waals surface area contributed by atoms with E-state index in [-0.39, 0.29) is 12.5 Å². The molecule has 0 aromatic carbocycles. The second kappa shape index (κ2) is 5.85. The molecule has 0 amide bonds. The highest BCUT2D eigenvalue weighted by atomic mass is 16.5. The summed E-state index contributed by atoms with van der Waals surface area (Å²) >= 11 is 0. The molecule has 0 atom stereocenters. The Bertz CT molecular complexity index is 541. The number of ether oxygens (including phenoxy) is 1. The highest BCUT2D eigenvalue weighted by Gasteiger charge is 2.07. The van der Waals surface area contributed by atoms with Crippen molar-refractivity contribution in [2.24, 2.45) is 0 Å². The van der Waals surface area contributed by atoms with Crippen LogP contribution in [-0.2, 0) is 9.53 Å². The molecule has 7 heteroatoms. The fraction of sp³-hybridized carbons (Fsp3) is 0.250. The van der Waals surface area contributed by atoms with E-state index >= 15 is 0 Å². The van der Waals surface area contributed by atoms with Gasteiger partial charge in [0.1, 0.15) is 24.5 Å². The van der Waals surface area contributed by atoms with Gasteiger partial charge in [-0.1, -0.05) is 0 Å². The van der Waals surface area contributed by atoms with E-state index in [1.807, 2.05) is 30.4 Å².